The largest absolute Gasteiger partial charge is 0.383 e. The van der Waals surface area contributed by atoms with Crippen LogP contribution in [0.15, 0.2) is 28.7 Å². The summed E-state index contributed by atoms with van der Waals surface area (Å²) >= 11 is 3.56. The van der Waals surface area contributed by atoms with Crippen molar-refractivity contribution < 1.29 is 0 Å². The van der Waals surface area contributed by atoms with Crippen LogP contribution < -0.4 is 5.73 Å². The van der Waals surface area contributed by atoms with Crippen molar-refractivity contribution in [3.05, 3.63) is 34.4 Å². The van der Waals surface area contributed by atoms with Gasteiger partial charge in [0.05, 0.1) is 5.69 Å². The number of hydrogen-bond donors (Lipinski definition) is 1. The van der Waals surface area contributed by atoms with Crippen LogP contribution in [0.4, 0.5) is 5.82 Å². The molecular weight excluding hydrogens is 326 g/mol. The van der Waals surface area contributed by atoms with Crippen molar-refractivity contribution >= 4 is 21.7 Å². The number of anilines is 1. The van der Waals surface area contributed by atoms with Crippen molar-refractivity contribution in [2.24, 2.45) is 7.05 Å². The van der Waals surface area contributed by atoms with E-state index in [1.54, 1.807) is 0 Å². The van der Waals surface area contributed by atoms with E-state index in [0.29, 0.717) is 5.92 Å². The molecule has 1 aromatic heterocycles. The molecule has 3 nitrogen and oxygen atoms in total. The van der Waals surface area contributed by atoms with E-state index >= 15 is 0 Å². The Kier molecular flexibility index (Phi) is 4.34. The average Bonchev–Trinajstić information content (AvgIpc) is 2.68. The van der Waals surface area contributed by atoms with Crippen molar-refractivity contribution in [2.45, 2.75) is 44.4 Å². The van der Waals surface area contributed by atoms with Gasteiger partial charge in [-0.1, -0.05) is 53.7 Å². The fourth-order valence-electron chi connectivity index (χ4n) is 3.34. The highest BCUT2D eigenvalue weighted by Gasteiger charge is 2.24. The Morgan fingerprint density at radius 1 is 1.19 bits per heavy atom. The van der Waals surface area contributed by atoms with Crippen LogP contribution in [0, 0.1) is 0 Å². The third-order valence-electron chi connectivity index (χ3n) is 4.47. The average molecular weight is 348 g/mol. The lowest BCUT2D eigenvalue weighted by Gasteiger charge is -2.14. The minimum atomic E-state index is 0.546. The molecule has 0 bridgehead atoms. The Hall–Kier alpha value is -1.29. The van der Waals surface area contributed by atoms with Gasteiger partial charge in [-0.15, -0.1) is 0 Å². The van der Waals surface area contributed by atoms with Crippen LogP contribution in [0.2, 0.25) is 0 Å². The summed E-state index contributed by atoms with van der Waals surface area (Å²) in [6.07, 6.45) is 7.78. The second-order valence-electron chi connectivity index (χ2n) is 5.97. The van der Waals surface area contributed by atoms with Crippen molar-refractivity contribution in [1.82, 2.24) is 9.78 Å². The molecule has 0 aliphatic heterocycles. The maximum atomic E-state index is 6.32. The lowest BCUT2D eigenvalue weighted by Crippen LogP contribution is -2.01. The number of rotatable bonds is 2. The van der Waals surface area contributed by atoms with E-state index in [4.69, 9.17) is 10.8 Å². The molecule has 2 N–H and O–H groups in total. The second kappa shape index (κ2) is 6.22. The first-order chi connectivity index (χ1) is 10.2. The van der Waals surface area contributed by atoms with Crippen LogP contribution in [0.25, 0.3) is 11.1 Å². The van der Waals surface area contributed by atoms with Crippen molar-refractivity contribution in [3.8, 4) is 11.1 Å². The Balaban J connectivity index is 2.06. The number of aromatic nitrogens is 2. The fraction of sp³-hybridized carbons (Fsp3) is 0.471. The Morgan fingerprint density at radius 3 is 2.57 bits per heavy atom. The molecule has 0 amide bonds. The Morgan fingerprint density at radius 2 is 1.90 bits per heavy atom. The molecule has 1 aromatic carbocycles. The van der Waals surface area contributed by atoms with Crippen molar-refractivity contribution in [3.63, 3.8) is 0 Å². The van der Waals surface area contributed by atoms with E-state index in [1.807, 2.05) is 17.8 Å². The zero-order valence-corrected chi connectivity index (χ0v) is 14.1. The van der Waals surface area contributed by atoms with Gasteiger partial charge < -0.3 is 5.73 Å². The van der Waals surface area contributed by atoms with Crippen molar-refractivity contribution in [1.29, 1.82) is 0 Å². The van der Waals surface area contributed by atoms with E-state index in [2.05, 4.69) is 34.1 Å². The third kappa shape index (κ3) is 3.00. The number of nitrogen functional groups attached to an aromatic ring is 1. The predicted octanol–water partition coefficient (Wildman–Crippen LogP) is 4.87. The van der Waals surface area contributed by atoms with Gasteiger partial charge in [0.25, 0.3) is 0 Å². The lowest BCUT2D eigenvalue weighted by molar-refractivity contribution is 0.567. The summed E-state index contributed by atoms with van der Waals surface area (Å²) in [6, 6.07) is 8.36. The molecule has 3 rings (SSSR count). The maximum Gasteiger partial charge on any atom is 0.129 e. The summed E-state index contributed by atoms with van der Waals surface area (Å²) in [7, 11) is 1.94. The van der Waals surface area contributed by atoms with E-state index in [-0.39, 0.29) is 0 Å². The van der Waals surface area contributed by atoms with Crippen LogP contribution in [-0.4, -0.2) is 9.78 Å². The van der Waals surface area contributed by atoms with Gasteiger partial charge in [0, 0.05) is 23.0 Å². The number of hydrogen-bond acceptors (Lipinski definition) is 2. The van der Waals surface area contributed by atoms with Gasteiger partial charge in [0.1, 0.15) is 5.82 Å². The van der Waals surface area contributed by atoms with E-state index in [1.165, 1.54) is 44.2 Å². The first-order valence-corrected chi connectivity index (χ1v) is 8.54. The van der Waals surface area contributed by atoms with E-state index < -0.39 is 0 Å². The van der Waals surface area contributed by atoms with Gasteiger partial charge >= 0.3 is 0 Å². The van der Waals surface area contributed by atoms with Crippen molar-refractivity contribution in [2.75, 3.05) is 5.73 Å². The molecule has 0 saturated heterocycles. The molecule has 2 aromatic rings. The maximum absolute atomic E-state index is 6.32. The lowest BCUT2D eigenvalue weighted by atomic mass is 9.91. The standard InChI is InChI=1S/C17H22BrN3/c1-21-17(19)15(13-9-6-10-14(18)11-13)16(20-21)12-7-4-2-3-5-8-12/h6,9-12H,2-5,7-8,19H2,1H3. The zero-order chi connectivity index (χ0) is 14.8. The first-order valence-electron chi connectivity index (χ1n) is 7.75. The quantitative estimate of drug-likeness (QED) is 0.787. The molecule has 1 saturated carbocycles. The third-order valence-corrected chi connectivity index (χ3v) is 4.97. The van der Waals surface area contributed by atoms with Crippen LogP contribution in [0.3, 0.4) is 0 Å². The van der Waals surface area contributed by atoms with Crippen LogP contribution >= 0.6 is 15.9 Å². The molecule has 0 radical (unpaired) electrons. The summed E-state index contributed by atoms with van der Waals surface area (Å²) in [5.74, 6) is 1.32. The summed E-state index contributed by atoms with van der Waals surface area (Å²) in [5.41, 5.74) is 9.80. The first kappa shape index (κ1) is 14.6. The molecule has 0 atom stereocenters. The Bertz CT molecular complexity index is 625. The molecule has 0 unspecified atom stereocenters. The van der Waals surface area contributed by atoms with E-state index in [9.17, 15) is 0 Å². The smallest absolute Gasteiger partial charge is 0.129 e. The summed E-state index contributed by atoms with van der Waals surface area (Å²) < 4.78 is 2.91. The van der Waals surface area contributed by atoms with Crippen LogP contribution in [0.1, 0.15) is 50.1 Å². The number of nitrogens with two attached hydrogens (primary N) is 1. The fourth-order valence-corrected chi connectivity index (χ4v) is 3.74. The number of aryl methyl sites for hydroxylation is 1. The molecule has 112 valence electrons. The molecule has 21 heavy (non-hydrogen) atoms. The van der Waals surface area contributed by atoms with E-state index in [0.717, 1.165) is 21.4 Å². The minimum absolute atomic E-state index is 0.546. The molecule has 1 aliphatic carbocycles. The van der Waals surface area contributed by atoms with Gasteiger partial charge in [-0.2, -0.15) is 5.10 Å². The highest BCUT2D eigenvalue weighted by atomic mass is 79.9. The monoisotopic (exact) mass is 347 g/mol. The number of benzene rings is 1. The summed E-state index contributed by atoms with van der Waals surface area (Å²) in [5, 5.41) is 4.76. The topological polar surface area (TPSA) is 43.8 Å². The van der Waals surface area contributed by atoms with Crippen LogP contribution in [-0.2, 0) is 7.05 Å². The second-order valence-corrected chi connectivity index (χ2v) is 6.88. The van der Waals surface area contributed by atoms with Gasteiger partial charge in [-0.3, -0.25) is 4.68 Å². The number of halogens is 1. The highest BCUT2D eigenvalue weighted by Crippen LogP contribution is 2.39. The van der Waals surface area contributed by atoms with Gasteiger partial charge in [0.15, 0.2) is 0 Å². The predicted molar refractivity (Wildman–Crippen MR) is 91.2 cm³/mol. The molecule has 4 heteroatoms. The molecule has 0 spiro atoms. The van der Waals surface area contributed by atoms with Crippen LogP contribution in [0.5, 0.6) is 0 Å². The van der Waals surface area contributed by atoms with Gasteiger partial charge in [-0.05, 0) is 30.5 Å². The van der Waals surface area contributed by atoms with Gasteiger partial charge in [-0.25, -0.2) is 0 Å². The normalized spacial score (nSPS) is 16.9. The molecule has 1 heterocycles. The summed E-state index contributed by atoms with van der Waals surface area (Å²) in [6.45, 7) is 0. The Labute approximate surface area is 134 Å². The summed E-state index contributed by atoms with van der Waals surface area (Å²) in [4.78, 5) is 0. The number of nitrogens with zero attached hydrogens (tertiary/aromatic N) is 2. The molecule has 1 aliphatic rings. The molecule has 1 fully saturated rings. The molecular formula is C17H22BrN3. The minimum Gasteiger partial charge on any atom is -0.383 e. The van der Waals surface area contributed by atoms with Gasteiger partial charge in [0.2, 0.25) is 0 Å². The SMILES string of the molecule is Cn1nc(C2CCCCCC2)c(-c2cccc(Br)c2)c1N. The highest BCUT2D eigenvalue weighted by molar-refractivity contribution is 9.10. The zero-order valence-electron chi connectivity index (χ0n) is 12.5.